The molecule has 2 rings (SSSR count). The molecular weight excluding hydrogens is 142 g/mol. The van der Waals surface area contributed by atoms with Crippen LogP contribution in [0.2, 0.25) is 0 Å². The van der Waals surface area contributed by atoms with E-state index in [1.165, 1.54) is 0 Å². The SMILES string of the molecule is Cn1nccc1C1=NCCO1. The Morgan fingerprint density at radius 1 is 1.64 bits per heavy atom. The summed E-state index contributed by atoms with van der Waals surface area (Å²) < 4.78 is 7.02. The highest BCUT2D eigenvalue weighted by molar-refractivity contribution is 5.93. The van der Waals surface area contributed by atoms with Crippen molar-refractivity contribution in [2.75, 3.05) is 13.2 Å². The molecule has 0 aliphatic carbocycles. The van der Waals surface area contributed by atoms with Crippen molar-refractivity contribution < 1.29 is 4.74 Å². The second kappa shape index (κ2) is 2.38. The highest BCUT2D eigenvalue weighted by Gasteiger charge is 2.12. The van der Waals surface area contributed by atoms with E-state index in [9.17, 15) is 0 Å². The molecule has 0 saturated heterocycles. The largest absolute Gasteiger partial charge is 0.474 e. The summed E-state index contributed by atoms with van der Waals surface area (Å²) in [5, 5.41) is 4.02. The van der Waals surface area contributed by atoms with Crippen molar-refractivity contribution in [3.8, 4) is 0 Å². The van der Waals surface area contributed by atoms with Gasteiger partial charge in [-0.15, -0.1) is 0 Å². The summed E-state index contributed by atoms with van der Waals surface area (Å²) >= 11 is 0. The minimum Gasteiger partial charge on any atom is -0.474 e. The average Bonchev–Trinajstić information content (AvgIpc) is 2.55. The standard InChI is InChI=1S/C7H9N3O/c1-10-6(2-3-9-10)7-8-4-5-11-7/h2-3H,4-5H2,1H3. The summed E-state index contributed by atoms with van der Waals surface area (Å²) in [6.07, 6.45) is 1.74. The lowest BCUT2D eigenvalue weighted by Gasteiger charge is -1.99. The number of hydrogen-bond acceptors (Lipinski definition) is 3. The molecule has 0 bridgehead atoms. The van der Waals surface area contributed by atoms with Crippen molar-refractivity contribution >= 4 is 5.90 Å². The van der Waals surface area contributed by atoms with Crippen molar-refractivity contribution in [3.05, 3.63) is 18.0 Å². The molecule has 0 unspecified atom stereocenters. The Morgan fingerprint density at radius 2 is 2.55 bits per heavy atom. The lowest BCUT2D eigenvalue weighted by Crippen LogP contribution is -2.07. The van der Waals surface area contributed by atoms with Crippen molar-refractivity contribution in [2.24, 2.45) is 12.0 Å². The third-order valence-electron chi connectivity index (χ3n) is 1.63. The summed E-state index contributed by atoms with van der Waals surface area (Å²) in [5.74, 6) is 0.713. The summed E-state index contributed by atoms with van der Waals surface area (Å²) in [6.45, 7) is 1.46. The van der Waals surface area contributed by atoms with Crippen LogP contribution in [0.3, 0.4) is 0 Å². The molecule has 0 radical (unpaired) electrons. The Bertz CT molecular complexity index is 290. The van der Waals surface area contributed by atoms with Gasteiger partial charge in [0.2, 0.25) is 5.90 Å². The second-order valence-corrected chi connectivity index (χ2v) is 2.38. The van der Waals surface area contributed by atoms with Gasteiger partial charge in [-0.25, -0.2) is 4.99 Å². The number of aryl methyl sites for hydroxylation is 1. The van der Waals surface area contributed by atoms with E-state index in [0.717, 1.165) is 12.2 Å². The van der Waals surface area contributed by atoms with Crippen molar-refractivity contribution in [3.63, 3.8) is 0 Å². The van der Waals surface area contributed by atoms with E-state index in [0.29, 0.717) is 12.5 Å². The fraction of sp³-hybridized carbons (Fsp3) is 0.429. The number of hydrogen-bond donors (Lipinski definition) is 0. The van der Waals surface area contributed by atoms with Crippen LogP contribution in [0.1, 0.15) is 5.69 Å². The predicted molar refractivity (Wildman–Crippen MR) is 40.6 cm³/mol. The first-order valence-corrected chi connectivity index (χ1v) is 3.53. The van der Waals surface area contributed by atoms with Crippen LogP contribution >= 0.6 is 0 Å². The van der Waals surface area contributed by atoms with Crippen LogP contribution in [0.5, 0.6) is 0 Å². The first kappa shape index (κ1) is 6.39. The van der Waals surface area contributed by atoms with Crippen LogP contribution in [0, 0.1) is 0 Å². The lowest BCUT2D eigenvalue weighted by molar-refractivity contribution is 0.346. The molecule has 4 nitrogen and oxygen atoms in total. The topological polar surface area (TPSA) is 39.4 Å². The number of ether oxygens (including phenoxy) is 1. The molecule has 58 valence electrons. The maximum Gasteiger partial charge on any atom is 0.235 e. The summed E-state index contributed by atoms with van der Waals surface area (Å²) in [6, 6.07) is 1.89. The van der Waals surface area contributed by atoms with E-state index in [4.69, 9.17) is 4.74 Å². The van der Waals surface area contributed by atoms with E-state index >= 15 is 0 Å². The van der Waals surface area contributed by atoms with E-state index in [1.807, 2.05) is 13.1 Å². The van der Waals surface area contributed by atoms with Gasteiger partial charge in [-0.1, -0.05) is 0 Å². The molecule has 11 heavy (non-hydrogen) atoms. The minimum absolute atomic E-state index is 0.695. The lowest BCUT2D eigenvalue weighted by atomic mass is 10.4. The highest BCUT2D eigenvalue weighted by Crippen LogP contribution is 2.05. The zero-order valence-electron chi connectivity index (χ0n) is 6.32. The molecule has 2 heterocycles. The first-order chi connectivity index (χ1) is 5.38. The fourth-order valence-electron chi connectivity index (χ4n) is 1.07. The van der Waals surface area contributed by atoms with Crippen molar-refractivity contribution in [2.45, 2.75) is 0 Å². The normalized spacial score (nSPS) is 16.3. The van der Waals surface area contributed by atoms with Gasteiger partial charge in [-0.05, 0) is 6.07 Å². The second-order valence-electron chi connectivity index (χ2n) is 2.38. The molecule has 0 spiro atoms. The van der Waals surface area contributed by atoms with Crippen LogP contribution < -0.4 is 0 Å². The number of nitrogens with zero attached hydrogens (tertiary/aromatic N) is 3. The number of aliphatic imine (C=N–C) groups is 1. The summed E-state index contributed by atoms with van der Waals surface area (Å²) in [4.78, 5) is 4.17. The zero-order valence-corrected chi connectivity index (χ0v) is 6.32. The first-order valence-electron chi connectivity index (χ1n) is 3.53. The number of aromatic nitrogens is 2. The van der Waals surface area contributed by atoms with Crippen LogP contribution in [0.15, 0.2) is 17.3 Å². The van der Waals surface area contributed by atoms with Gasteiger partial charge in [-0.3, -0.25) is 4.68 Å². The Morgan fingerprint density at radius 3 is 3.09 bits per heavy atom. The van der Waals surface area contributed by atoms with Crippen LogP contribution in [0.4, 0.5) is 0 Å². The zero-order chi connectivity index (χ0) is 7.68. The Hall–Kier alpha value is -1.32. The third kappa shape index (κ3) is 1.00. The Labute approximate surface area is 64.5 Å². The monoisotopic (exact) mass is 151 g/mol. The summed E-state index contributed by atoms with van der Waals surface area (Å²) in [7, 11) is 1.87. The Balaban J connectivity index is 2.35. The van der Waals surface area contributed by atoms with E-state index in [-0.39, 0.29) is 0 Å². The molecule has 0 amide bonds. The maximum absolute atomic E-state index is 5.27. The smallest absolute Gasteiger partial charge is 0.235 e. The van der Waals surface area contributed by atoms with Gasteiger partial charge in [0.15, 0.2) is 0 Å². The van der Waals surface area contributed by atoms with E-state index in [2.05, 4.69) is 10.1 Å². The molecular formula is C7H9N3O. The van der Waals surface area contributed by atoms with Gasteiger partial charge in [0.25, 0.3) is 0 Å². The molecule has 1 aliphatic rings. The van der Waals surface area contributed by atoms with Gasteiger partial charge >= 0.3 is 0 Å². The predicted octanol–water partition coefficient (Wildman–Crippen LogP) is 0.197. The minimum atomic E-state index is 0.695. The maximum atomic E-state index is 5.27. The van der Waals surface area contributed by atoms with Crippen LogP contribution in [-0.2, 0) is 11.8 Å². The molecule has 1 aliphatic heterocycles. The quantitative estimate of drug-likeness (QED) is 0.575. The van der Waals surface area contributed by atoms with Crippen molar-refractivity contribution in [1.29, 1.82) is 0 Å². The molecule has 1 aromatic rings. The van der Waals surface area contributed by atoms with Crippen LogP contribution in [0.25, 0.3) is 0 Å². The highest BCUT2D eigenvalue weighted by atomic mass is 16.5. The van der Waals surface area contributed by atoms with E-state index < -0.39 is 0 Å². The molecule has 0 saturated carbocycles. The molecule has 0 atom stereocenters. The van der Waals surface area contributed by atoms with Gasteiger partial charge in [0.05, 0.1) is 6.54 Å². The third-order valence-corrected chi connectivity index (χ3v) is 1.63. The molecule has 0 aromatic carbocycles. The Kier molecular flexibility index (Phi) is 1.38. The van der Waals surface area contributed by atoms with Gasteiger partial charge in [0.1, 0.15) is 12.3 Å². The summed E-state index contributed by atoms with van der Waals surface area (Å²) in [5.41, 5.74) is 0.947. The molecule has 4 heteroatoms. The molecule has 0 N–H and O–H groups in total. The van der Waals surface area contributed by atoms with Gasteiger partial charge in [-0.2, -0.15) is 5.10 Å². The van der Waals surface area contributed by atoms with Crippen molar-refractivity contribution in [1.82, 2.24) is 9.78 Å². The van der Waals surface area contributed by atoms with Gasteiger partial charge < -0.3 is 4.74 Å². The fourth-order valence-corrected chi connectivity index (χ4v) is 1.07. The molecule has 0 fully saturated rings. The average molecular weight is 151 g/mol. The number of rotatable bonds is 1. The van der Waals surface area contributed by atoms with E-state index in [1.54, 1.807) is 10.9 Å². The van der Waals surface area contributed by atoms with Crippen LogP contribution in [-0.4, -0.2) is 28.8 Å². The molecule has 1 aromatic heterocycles. The van der Waals surface area contributed by atoms with Gasteiger partial charge in [0, 0.05) is 13.2 Å².